The molecule has 8 heteroatoms. The fourth-order valence-corrected chi connectivity index (χ4v) is 2.24. The van der Waals surface area contributed by atoms with Crippen LogP contribution in [0.15, 0.2) is 24.3 Å². The summed E-state index contributed by atoms with van der Waals surface area (Å²) in [7, 11) is 0. The molecule has 1 aromatic rings. The van der Waals surface area contributed by atoms with Gasteiger partial charge in [0.15, 0.2) is 0 Å². The number of ether oxygens (including phenoxy) is 1. The van der Waals surface area contributed by atoms with Gasteiger partial charge in [0.2, 0.25) is 5.91 Å². The predicted molar refractivity (Wildman–Crippen MR) is 80.4 cm³/mol. The van der Waals surface area contributed by atoms with Crippen molar-refractivity contribution in [3.05, 3.63) is 30.1 Å². The number of benzene rings is 1. The van der Waals surface area contributed by atoms with E-state index < -0.39 is 23.7 Å². The molecule has 23 heavy (non-hydrogen) atoms. The predicted octanol–water partition coefficient (Wildman–Crippen LogP) is 0.747. The average Bonchev–Trinajstić information content (AvgIpc) is 2.87. The number of rotatable bonds is 6. The van der Waals surface area contributed by atoms with E-state index in [1.165, 1.54) is 21.9 Å². The molecular formula is C15H18FN3O4. The van der Waals surface area contributed by atoms with Crippen LogP contribution in [0.1, 0.15) is 6.92 Å². The van der Waals surface area contributed by atoms with Gasteiger partial charge < -0.3 is 15.0 Å². The van der Waals surface area contributed by atoms with Crippen LogP contribution < -0.4 is 10.2 Å². The Balaban J connectivity index is 1.88. The van der Waals surface area contributed by atoms with Crippen molar-refractivity contribution >= 4 is 23.6 Å². The third-order valence-corrected chi connectivity index (χ3v) is 3.31. The van der Waals surface area contributed by atoms with E-state index in [9.17, 15) is 18.8 Å². The molecule has 3 amide bonds. The molecule has 0 aliphatic carbocycles. The van der Waals surface area contributed by atoms with Gasteiger partial charge in [0.25, 0.3) is 0 Å². The molecule has 1 aliphatic rings. The Hall–Kier alpha value is -2.64. The Morgan fingerprint density at radius 3 is 2.74 bits per heavy atom. The number of anilines is 1. The van der Waals surface area contributed by atoms with Gasteiger partial charge in [-0.05, 0) is 19.1 Å². The Kier molecular flexibility index (Phi) is 5.51. The fourth-order valence-electron chi connectivity index (χ4n) is 2.24. The Morgan fingerprint density at radius 1 is 1.30 bits per heavy atom. The maximum absolute atomic E-state index is 13.7. The van der Waals surface area contributed by atoms with Crippen LogP contribution >= 0.6 is 0 Å². The van der Waals surface area contributed by atoms with Crippen molar-refractivity contribution in [3.63, 3.8) is 0 Å². The lowest BCUT2D eigenvalue weighted by Crippen LogP contribution is -2.41. The van der Waals surface area contributed by atoms with E-state index in [1.54, 1.807) is 19.1 Å². The fraction of sp³-hybridized carbons (Fsp3) is 0.400. The number of hydrogen-bond donors (Lipinski definition) is 1. The van der Waals surface area contributed by atoms with Crippen molar-refractivity contribution in [1.29, 1.82) is 0 Å². The molecule has 0 unspecified atom stereocenters. The van der Waals surface area contributed by atoms with Crippen molar-refractivity contribution in [3.8, 4) is 0 Å². The first kappa shape index (κ1) is 16.7. The van der Waals surface area contributed by atoms with Gasteiger partial charge in [-0.25, -0.2) is 9.18 Å². The Bertz CT molecular complexity index is 608. The third kappa shape index (κ3) is 4.18. The first-order valence-electron chi connectivity index (χ1n) is 7.26. The molecule has 1 N–H and O–H groups in total. The number of nitrogens with one attached hydrogen (secondary N) is 1. The first-order chi connectivity index (χ1) is 11.0. The van der Waals surface area contributed by atoms with Crippen LogP contribution in [0.4, 0.5) is 14.9 Å². The first-order valence-corrected chi connectivity index (χ1v) is 7.26. The summed E-state index contributed by atoms with van der Waals surface area (Å²) in [5.41, 5.74) is 0.187. The minimum Gasteiger partial charge on any atom is -0.465 e. The molecule has 0 bridgehead atoms. The molecule has 1 aromatic carbocycles. The van der Waals surface area contributed by atoms with E-state index >= 15 is 0 Å². The van der Waals surface area contributed by atoms with Crippen LogP contribution in [0.25, 0.3) is 0 Å². The summed E-state index contributed by atoms with van der Waals surface area (Å²) < 4.78 is 18.4. The summed E-state index contributed by atoms with van der Waals surface area (Å²) in [6, 6.07) is 5.52. The van der Waals surface area contributed by atoms with E-state index in [4.69, 9.17) is 0 Å². The molecule has 0 atom stereocenters. The average molecular weight is 323 g/mol. The van der Waals surface area contributed by atoms with Gasteiger partial charge in [0, 0.05) is 13.1 Å². The van der Waals surface area contributed by atoms with Crippen molar-refractivity contribution in [2.75, 3.05) is 37.7 Å². The quantitative estimate of drug-likeness (QED) is 0.784. The number of esters is 1. The minimum atomic E-state index is -0.540. The lowest BCUT2D eigenvalue weighted by Gasteiger charge is -2.18. The molecule has 1 aliphatic heterocycles. The smallest absolute Gasteiger partial charge is 0.325 e. The maximum Gasteiger partial charge on any atom is 0.325 e. The second-order valence-corrected chi connectivity index (χ2v) is 4.89. The SMILES string of the molecule is CCOC(=O)CNC(=O)CN1CCN(c2ccccc2F)C1=O. The number of para-hydroxylation sites is 1. The number of amides is 3. The number of urea groups is 1. The summed E-state index contributed by atoms with van der Waals surface area (Å²) in [5.74, 6) is -1.50. The molecule has 0 spiro atoms. The van der Waals surface area contributed by atoms with Crippen LogP contribution in [0.5, 0.6) is 0 Å². The molecule has 1 saturated heterocycles. The molecular weight excluding hydrogens is 305 g/mol. The topological polar surface area (TPSA) is 79.0 Å². The highest BCUT2D eigenvalue weighted by atomic mass is 19.1. The van der Waals surface area contributed by atoms with E-state index in [2.05, 4.69) is 10.1 Å². The van der Waals surface area contributed by atoms with E-state index in [0.717, 1.165) is 0 Å². The van der Waals surface area contributed by atoms with Gasteiger partial charge >= 0.3 is 12.0 Å². The second-order valence-electron chi connectivity index (χ2n) is 4.89. The van der Waals surface area contributed by atoms with Crippen LogP contribution in [-0.2, 0) is 14.3 Å². The maximum atomic E-state index is 13.7. The van der Waals surface area contributed by atoms with E-state index in [1.807, 2.05) is 0 Å². The second kappa shape index (κ2) is 7.57. The van der Waals surface area contributed by atoms with Gasteiger partial charge in [-0.1, -0.05) is 12.1 Å². The third-order valence-electron chi connectivity index (χ3n) is 3.31. The van der Waals surface area contributed by atoms with Crippen LogP contribution in [-0.4, -0.2) is 55.6 Å². The highest BCUT2D eigenvalue weighted by Crippen LogP contribution is 2.23. The standard InChI is InChI=1S/C15H18FN3O4/c1-2-23-14(21)9-17-13(20)10-18-7-8-19(15(18)22)12-6-4-3-5-11(12)16/h3-6H,2,7-10H2,1H3,(H,17,20). The van der Waals surface area contributed by atoms with Crippen molar-refractivity contribution in [2.45, 2.75) is 6.92 Å². The Morgan fingerprint density at radius 2 is 2.04 bits per heavy atom. The number of halogens is 1. The molecule has 124 valence electrons. The molecule has 2 rings (SSSR count). The summed E-state index contributed by atoms with van der Waals surface area (Å²) in [4.78, 5) is 37.7. The summed E-state index contributed by atoms with van der Waals surface area (Å²) in [6.07, 6.45) is 0. The number of carbonyl (C=O) groups excluding carboxylic acids is 3. The molecule has 7 nitrogen and oxygen atoms in total. The van der Waals surface area contributed by atoms with Crippen molar-refractivity contribution in [2.24, 2.45) is 0 Å². The lowest BCUT2D eigenvalue weighted by atomic mass is 10.3. The zero-order valence-corrected chi connectivity index (χ0v) is 12.8. The highest BCUT2D eigenvalue weighted by Gasteiger charge is 2.32. The van der Waals surface area contributed by atoms with Crippen LogP contribution in [0, 0.1) is 5.82 Å². The van der Waals surface area contributed by atoms with Crippen LogP contribution in [0.3, 0.4) is 0 Å². The van der Waals surface area contributed by atoms with Gasteiger partial charge in [-0.2, -0.15) is 0 Å². The zero-order chi connectivity index (χ0) is 16.8. The summed E-state index contributed by atoms with van der Waals surface area (Å²) in [5, 5.41) is 2.38. The van der Waals surface area contributed by atoms with Crippen molar-refractivity contribution < 1.29 is 23.5 Å². The Labute approximate surface area is 133 Å². The summed E-state index contributed by atoms with van der Waals surface area (Å²) >= 11 is 0. The van der Waals surface area contributed by atoms with Gasteiger partial charge in [0.1, 0.15) is 18.9 Å². The molecule has 1 fully saturated rings. The zero-order valence-electron chi connectivity index (χ0n) is 12.8. The molecule has 0 aromatic heterocycles. The van der Waals surface area contributed by atoms with Crippen LogP contribution in [0.2, 0.25) is 0 Å². The van der Waals surface area contributed by atoms with Gasteiger partial charge in [-0.3, -0.25) is 14.5 Å². The number of hydrogen-bond acceptors (Lipinski definition) is 4. The van der Waals surface area contributed by atoms with Crippen molar-refractivity contribution in [1.82, 2.24) is 10.2 Å². The highest BCUT2D eigenvalue weighted by molar-refractivity contribution is 5.96. The normalized spacial score (nSPS) is 14.1. The lowest BCUT2D eigenvalue weighted by molar-refractivity contribution is -0.143. The molecule has 0 radical (unpaired) electrons. The van der Waals surface area contributed by atoms with E-state index in [0.29, 0.717) is 13.1 Å². The largest absolute Gasteiger partial charge is 0.465 e. The minimum absolute atomic E-state index is 0.187. The van der Waals surface area contributed by atoms with Gasteiger partial charge in [-0.15, -0.1) is 0 Å². The number of carbonyl (C=O) groups is 3. The summed E-state index contributed by atoms with van der Waals surface area (Å²) in [6.45, 7) is 2.07. The van der Waals surface area contributed by atoms with E-state index in [-0.39, 0.29) is 25.4 Å². The monoisotopic (exact) mass is 323 g/mol. The molecule has 0 saturated carbocycles. The number of nitrogens with zero attached hydrogens (tertiary/aromatic N) is 2. The molecule has 1 heterocycles. The van der Waals surface area contributed by atoms with Gasteiger partial charge in [0.05, 0.1) is 12.3 Å².